The summed E-state index contributed by atoms with van der Waals surface area (Å²) in [6.07, 6.45) is -1.83. The lowest BCUT2D eigenvalue weighted by atomic mass is 10.1. The summed E-state index contributed by atoms with van der Waals surface area (Å²) >= 11 is 0. The largest absolute Gasteiger partial charge is 0.421 e. The number of pyridine rings is 1. The minimum absolute atomic E-state index is 0.0303. The molecule has 0 radical (unpaired) electrons. The van der Waals surface area contributed by atoms with Gasteiger partial charge >= 0.3 is 6.18 Å². The van der Waals surface area contributed by atoms with E-state index in [1.54, 1.807) is 6.20 Å². The quantitative estimate of drug-likeness (QED) is 0.557. The van der Waals surface area contributed by atoms with Crippen molar-refractivity contribution in [1.82, 2.24) is 20.3 Å². The van der Waals surface area contributed by atoms with E-state index in [4.69, 9.17) is 0 Å². The molecule has 3 heterocycles. The highest BCUT2D eigenvalue weighted by Crippen LogP contribution is 2.34. The predicted molar refractivity (Wildman–Crippen MR) is 109 cm³/mol. The number of nitrogens with one attached hydrogen (secondary N) is 3. The van der Waals surface area contributed by atoms with Crippen LogP contribution >= 0.6 is 0 Å². The third-order valence-electron chi connectivity index (χ3n) is 4.82. The minimum atomic E-state index is -4.64. The molecule has 1 amide bonds. The molecule has 0 bridgehead atoms. The van der Waals surface area contributed by atoms with Crippen molar-refractivity contribution < 1.29 is 18.0 Å². The van der Waals surface area contributed by atoms with Gasteiger partial charge in [0.2, 0.25) is 11.9 Å². The summed E-state index contributed by atoms with van der Waals surface area (Å²) in [5.41, 5.74) is 1.68. The molecule has 1 aliphatic heterocycles. The standard InChI is InChI=1S/C21H19F3N6O/c22-21(23,24)15-12-28-20(30-18(15)29-17-8-10-26-19(17)31)27-11-13-4-6-14(7-5-13)16-3-1-2-9-25-16/h1-7,9,12,17H,8,10-11H2,(H,26,31)(H2,27,28,29,30)/t17-/m1/s1. The Morgan fingerprint density at radius 2 is 1.90 bits per heavy atom. The fraction of sp³-hybridized carbons (Fsp3) is 0.238. The number of amides is 1. The van der Waals surface area contributed by atoms with Crippen molar-refractivity contribution in [1.29, 1.82) is 0 Å². The van der Waals surface area contributed by atoms with Gasteiger partial charge in [0.05, 0.1) is 5.69 Å². The van der Waals surface area contributed by atoms with Gasteiger partial charge < -0.3 is 16.0 Å². The SMILES string of the molecule is O=C1NCC[C@H]1Nc1nc(NCc2ccc(-c3ccccn3)cc2)ncc1C(F)(F)F. The summed E-state index contributed by atoms with van der Waals surface area (Å²) in [5, 5.41) is 8.11. The summed E-state index contributed by atoms with van der Waals surface area (Å²) in [7, 11) is 0. The van der Waals surface area contributed by atoms with Crippen molar-refractivity contribution in [3.8, 4) is 11.3 Å². The molecular weight excluding hydrogens is 409 g/mol. The van der Waals surface area contributed by atoms with Crippen LogP contribution in [0.3, 0.4) is 0 Å². The molecule has 0 aliphatic carbocycles. The van der Waals surface area contributed by atoms with Crippen molar-refractivity contribution >= 4 is 17.7 Å². The molecule has 10 heteroatoms. The number of nitrogens with zero attached hydrogens (tertiary/aromatic N) is 3. The second-order valence-electron chi connectivity index (χ2n) is 7.00. The molecule has 3 aromatic rings. The van der Waals surface area contributed by atoms with E-state index in [0.717, 1.165) is 16.8 Å². The Labute approximate surface area is 176 Å². The van der Waals surface area contributed by atoms with E-state index in [1.165, 1.54) is 0 Å². The van der Waals surface area contributed by atoms with Gasteiger partial charge in [-0.25, -0.2) is 4.98 Å². The minimum Gasteiger partial charge on any atom is -0.358 e. The van der Waals surface area contributed by atoms with Gasteiger partial charge in [0.1, 0.15) is 17.4 Å². The first-order chi connectivity index (χ1) is 14.9. The first kappa shape index (κ1) is 20.6. The van der Waals surface area contributed by atoms with Crippen molar-refractivity contribution in [2.24, 2.45) is 0 Å². The number of halogens is 3. The highest BCUT2D eigenvalue weighted by Gasteiger charge is 2.37. The Balaban J connectivity index is 1.48. The Morgan fingerprint density at radius 3 is 2.55 bits per heavy atom. The zero-order chi connectivity index (χ0) is 21.8. The van der Waals surface area contributed by atoms with Crippen LogP contribution in [0.4, 0.5) is 24.9 Å². The van der Waals surface area contributed by atoms with E-state index < -0.39 is 23.6 Å². The number of carbonyl (C=O) groups excluding carboxylic acids is 1. The second-order valence-corrected chi connectivity index (χ2v) is 7.00. The lowest BCUT2D eigenvalue weighted by Crippen LogP contribution is -2.31. The number of alkyl halides is 3. The maximum Gasteiger partial charge on any atom is 0.421 e. The fourth-order valence-corrected chi connectivity index (χ4v) is 3.19. The molecule has 1 saturated heterocycles. The van der Waals surface area contributed by atoms with E-state index >= 15 is 0 Å². The van der Waals surface area contributed by atoms with Crippen molar-refractivity contribution in [3.63, 3.8) is 0 Å². The van der Waals surface area contributed by atoms with Crippen LogP contribution in [0.15, 0.2) is 54.9 Å². The molecule has 0 spiro atoms. The average Bonchev–Trinajstić information content (AvgIpc) is 3.17. The number of anilines is 2. The van der Waals surface area contributed by atoms with Crippen molar-refractivity contribution in [2.45, 2.75) is 25.2 Å². The molecule has 7 nitrogen and oxygen atoms in total. The second kappa shape index (κ2) is 8.58. The Morgan fingerprint density at radius 1 is 1.10 bits per heavy atom. The average molecular weight is 428 g/mol. The first-order valence-electron chi connectivity index (χ1n) is 9.63. The van der Waals surface area contributed by atoms with Crippen molar-refractivity contribution in [3.05, 3.63) is 66.0 Å². The number of benzene rings is 1. The summed E-state index contributed by atoms with van der Waals surface area (Å²) in [6.45, 7) is 0.722. The van der Waals surface area contributed by atoms with E-state index in [9.17, 15) is 18.0 Å². The fourth-order valence-electron chi connectivity index (χ4n) is 3.19. The van der Waals surface area contributed by atoms with Gasteiger partial charge in [-0.2, -0.15) is 18.2 Å². The monoisotopic (exact) mass is 428 g/mol. The van der Waals surface area contributed by atoms with Gasteiger partial charge in [-0.05, 0) is 24.1 Å². The van der Waals surface area contributed by atoms with Gasteiger partial charge in [-0.1, -0.05) is 30.3 Å². The number of hydrogen-bond acceptors (Lipinski definition) is 6. The molecule has 3 N–H and O–H groups in total. The maximum absolute atomic E-state index is 13.3. The van der Waals surface area contributed by atoms with E-state index in [0.29, 0.717) is 25.7 Å². The van der Waals surface area contributed by atoms with Gasteiger partial charge in [0.25, 0.3) is 0 Å². The van der Waals surface area contributed by atoms with E-state index in [1.807, 2.05) is 42.5 Å². The number of carbonyl (C=O) groups is 1. The van der Waals surface area contributed by atoms with Crippen LogP contribution in [0.1, 0.15) is 17.5 Å². The zero-order valence-corrected chi connectivity index (χ0v) is 16.3. The van der Waals surface area contributed by atoms with Crippen LogP contribution in [-0.4, -0.2) is 33.4 Å². The third kappa shape index (κ3) is 4.90. The summed E-state index contributed by atoms with van der Waals surface area (Å²) in [6, 6.07) is 12.5. The Hall–Kier alpha value is -3.69. The summed E-state index contributed by atoms with van der Waals surface area (Å²) < 4.78 is 40.0. The highest BCUT2D eigenvalue weighted by atomic mass is 19.4. The van der Waals surface area contributed by atoms with Crippen LogP contribution in [0.2, 0.25) is 0 Å². The molecule has 160 valence electrons. The molecule has 31 heavy (non-hydrogen) atoms. The molecule has 1 fully saturated rings. The van der Waals surface area contributed by atoms with Gasteiger partial charge in [-0.15, -0.1) is 0 Å². The highest BCUT2D eigenvalue weighted by molar-refractivity contribution is 5.86. The lowest BCUT2D eigenvalue weighted by Gasteiger charge is -2.17. The van der Waals surface area contributed by atoms with Gasteiger partial charge in [-0.3, -0.25) is 9.78 Å². The molecule has 4 rings (SSSR count). The molecule has 2 aromatic heterocycles. The van der Waals surface area contributed by atoms with Gasteiger partial charge in [0.15, 0.2) is 0 Å². The molecule has 1 aromatic carbocycles. The molecular formula is C21H19F3N6O. The first-order valence-corrected chi connectivity index (χ1v) is 9.63. The molecule has 0 saturated carbocycles. The topological polar surface area (TPSA) is 91.8 Å². The number of aromatic nitrogens is 3. The van der Waals surface area contributed by atoms with Crippen molar-refractivity contribution in [2.75, 3.05) is 17.2 Å². The van der Waals surface area contributed by atoms with Crippen LogP contribution in [0.5, 0.6) is 0 Å². The maximum atomic E-state index is 13.3. The van der Waals surface area contributed by atoms with Crippen LogP contribution in [0, 0.1) is 0 Å². The number of rotatable bonds is 6. The third-order valence-corrected chi connectivity index (χ3v) is 4.82. The van der Waals surface area contributed by atoms with Crippen LogP contribution in [0.25, 0.3) is 11.3 Å². The smallest absolute Gasteiger partial charge is 0.358 e. The van der Waals surface area contributed by atoms with E-state index in [2.05, 4.69) is 30.9 Å². The molecule has 1 aliphatic rings. The Kier molecular flexibility index (Phi) is 5.70. The molecule has 0 unspecified atom stereocenters. The predicted octanol–water partition coefficient (Wildman–Crippen LogP) is 3.47. The van der Waals surface area contributed by atoms with E-state index in [-0.39, 0.29) is 11.9 Å². The van der Waals surface area contributed by atoms with Gasteiger partial charge in [0, 0.05) is 31.0 Å². The lowest BCUT2D eigenvalue weighted by molar-refractivity contribution is -0.137. The zero-order valence-electron chi connectivity index (χ0n) is 16.3. The summed E-state index contributed by atoms with van der Waals surface area (Å²) in [4.78, 5) is 23.8. The molecule has 1 atom stereocenters. The Bertz CT molecular complexity index is 1060. The normalized spacial score (nSPS) is 16.1. The summed E-state index contributed by atoms with van der Waals surface area (Å²) in [5.74, 6) is -0.741. The number of hydrogen-bond donors (Lipinski definition) is 3. The van der Waals surface area contributed by atoms with Crippen LogP contribution < -0.4 is 16.0 Å². The van der Waals surface area contributed by atoms with Crippen LogP contribution in [-0.2, 0) is 17.5 Å².